The fourth-order valence-electron chi connectivity index (χ4n) is 7.03. The number of likely N-dealkylation sites (tertiary alicyclic amines) is 2. The lowest BCUT2D eigenvalue weighted by Crippen LogP contribution is -2.87. The third kappa shape index (κ3) is 4.85. The highest BCUT2D eigenvalue weighted by Gasteiger charge is 2.72. The first-order valence-corrected chi connectivity index (χ1v) is 15.1. The third-order valence-corrected chi connectivity index (χ3v) is 8.87. The monoisotopic (exact) mass is 574 g/mol. The highest BCUT2D eigenvalue weighted by Crippen LogP contribution is 2.53. The molecule has 0 aliphatic carbocycles. The van der Waals surface area contributed by atoms with Gasteiger partial charge >= 0.3 is 0 Å². The third-order valence-electron chi connectivity index (χ3n) is 8.87. The van der Waals surface area contributed by atoms with Crippen LogP contribution in [-0.4, -0.2) is 58.6 Å². The maximum Gasteiger partial charge on any atom is 0.255 e. The Morgan fingerprint density at radius 1 is 0.605 bits per heavy atom. The van der Waals surface area contributed by atoms with E-state index < -0.39 is 23.8 Å². The number of benzene rings is 4. The van der Waals surface area contributed by atoms with Crippen molar-refractivity contribution in [1.82, 2.24) is 9.80 Å². The number of amides is 2. The van der Waals surface area contributed by atoms with Gasteiger partial charge < -0.3 is 19.3 Å². The minimum atomic E-state index is -0.890. The van der Waals surface area contributed by atoms with E-state index in [0.717, 1.165) is 22.3 Å². The lowest BCUT2D eigenvalue weighted by Gasteiger charge is -2.67. The first-order chi connectivity index (χ1) is 21.0. The van der Waals surface area contributed by atoms with Gasteiger partial charge in [-0.25, -0.2) is 0 Å². The fourth-order valence-corrected chi connectivity index (χ4v) is 7.03. The average molecular weight is 575 g/mol. The summed E-state index contributed by atoms with van der Waals surface area (Å²) in [6.07, 6.45) is -1.45. The van der Waals surface area contributed by atoms with Crippen LogP contribution in [0.15, 0.2) is 121 Å². The molecule has 0 bridgehead atoms. The van der Waals surface area contributed by atoms with Gasteiger partial charge in [0.2, 0.25) is 0 Å². The molecule has 2 heterocycles. The molecule has 0 aromatic heterocycles. The van der Waals surface area contributed by atoms with E-state index in [2.05, 4.69) is 55.5 Å². The number of nitrogens with zero attached hydrogens (tertiary/aromatic N) is 2. The first kappa shape index (κ1) is 28.8. The predicted octanol–water partition coefficient (Wildman–Crippen LogP) is 6.19. The molecule has 43 heavy (non-hydrogen) atoms. The van der Waals surface area contributed by atoms with Crippen LogP contribution in [0, 0.1) is 0 Å². The summed E-state index contributed by atoms with van der Waals surface area (Å²) in [5.41, 5.74) is 3.10. The van der Waals surface area contributed by atoms with Crippen molar-refractivity contribution in [3.63, 3.8) is 0 Å². The Kier molecular flexibility index (Phi) is 8.15. The smallest absolute Gasteiger partial charge is 0.255 e. The minimum Gasteiger partial charge on any atom is -0.366 e. The topological polar surface area (TPSA) is 59.1 Å². The summed E-state index contributed by atoms with van der Waals surface area (Å²) in [7, 11) is 0. The van der Waals surface area contributed by atoms with Crippen LogP contribution < -0.4 is 0 Å². The van der Waals surface area contributed by atoms with Crippen molar-refractivity contribution in [2.24, 2.45) is 0 Å². The quantitative estimate of drug-likeness (QED) is 0.201. The highest BCUT2D eigenvalue weighted by atomic mass is 16.5. The van der Waals surface area contributed by atoms with E-state index in [-0.39, 0.29) is 23.9 Å². The Bertz CT molecular complexity index is 1450. The maximum atomic E-state index is 14.2. The van der Waals surface area contributed by atoms with Crippen molar-refractivity contribution in [3.05, 3.63) is 144 Å². The normalized spacial score (nSPS) is 23.4. The molecule has 220 valence electrons. The molecule has 0 N–H and O–H groups in total. The number of hydrogen-bond donors (Lipinski definition) is 0. The Balaban J connectivity index is 1.53. The van der Waals surface area contributed by atoms with Gasteiger partial charge in [-0.05, 0) is 43.0 Å². The molecule has 2 aliphatic rings. The molecular formula is C37H38N2O4. The molecule has 4 aromatic carbocycles. The fraction of sp³-hybridized carbons (Fsp3) is 0.297. The predicted molar refractivity (Wildman–Crippen MR) is 166 cm³/mol. The van der Waals surface area contributed by atoms with Crippen molar-refractivity contribution in [2.45, 2.75) is 56.6 Å². The zero-order valence-electron chi connectivity index (χ0n) is 24.9. The van der Waals surface area contributed by atoms with Gasteiger partial charge in [-0.15, -0.1) is 0 Å². The molecule has 2 fully saturated rings. The van der Waals surface area contributed by atoms with Crippen molar-refractivity contribution >= 4 is 11.8 Å². The second-order valence-corrected chi connectivity index (χ2v) is 11.3. The molecule has 2 aliphatic heterocycles. The van der Waals surface area contributed by atoms with E-state index in [1.54, 1.807) is 0 Å². The Labute approximate surface area is 253 Å². The van der Waals surface area contributed by atoms with Gasteiger partial charge in [-0.2, -0.15) is 0 Å². The SMILES string of the molecule is CCO[C@@H]1C(=O)N(C(c2ccccc2)c2ccccc2)[C@@H]1[C@]1(C)[C@H](OCC)C(=O)N1C(c1ccccc1)c1ccccc1. The summed E-state index contributed by atoms with van der Waals surface area (Å²) in [5.74, 6) is -0.177. The summed E-state index contributed by atoms with van der Waals surface area (Å²) in [6, 6.07) is 39.1. The molecule has 0 saturated carbocycles. The Hall–Kier alpha value is -4.26. The molecular weight excluding hydrogens is 536 g/mol. The number of ether oxygens (including phenoxy) is 2. The van der Waals surface area contributed by atoms with Gasteiger partial charge in [0, 0.05) is 13.2 Å². The summed E-state index contributed by atoms with van der Waals surface area (Å²) in [6.45, 7) is 6.63. The summed E-state index contributed by atoms with van der Waals surface area (Å²) >= 11 is 0. The lowest BCUT2D eigenvalue weighted by molar-refractivity contribution is -0.239. The van der Waals surface area contributed by atoms with E-state index >= 15 is 0 Å². The van der Waals surface area contributed by atoms with Crippen LogP contribution in [0.2, 0.25) is 0 Å². The van der Waals surface area contributed by atoms with E-state index in [1.807, 2.05) is 96.4 Å². The highest BCUT2D eigenvalue weighted by molar-refractivity contribution is 5.96. The van der Waals surface area contributed by atoms with E-state index in [1.165, 1.54) is 0 Å². The standard InChI is InChI=1S/C37H38N2O4/c1-4-42-32-33(38(35(32)40)30(26-18-10-6-11-19-26)27-20-12-7-13-21-27)37(3)34(43-5-2)36(41)39(37)31(28-22-14-8-15-23-28)29-24-16-9-17-25-29/h6-25,30-34H,4-5H2,1-3H3/t32-,33-,34+,37+/m0/s1. The van der Waals surface area contributed by atoms with Crippen LogP contribution in [0.3, 0.4) is 0 Å². The van der Waals surface area contributed by atoms with Crippen LogP contribution in [0.1, 0.15) is 55.1 Å². The van der Waals surface area contributed by atoms with Crippen molar-refractivity contribution < 1.29 is 19.1 Å². The van der Waals surface area contributed by atoms with Crippen molar-refractivity contribution in [1.29, 1.82) is 0 Å². The van der Waals surface area contributed by atoms with Crippen LogP contribution in [0.25, 0.3) is 0 Å². The van der Waals surface area contributed by atoms with E-state index in [9.17, 15) is 9.59 Å². The molecule has 2 amide bonds. The first-order valence-electron chi connectivity index (χ1n) is 15.1. The second kappa shape index (κ2) is 12.2. The summed E-state index contributed by atoms with van der Waals surface area (Å²) < 4.78 is 12.4. The number of rotatable bonds is 11. The minimum absolute atomic E-state index is 0.0868. The van der Waals surface area contributed by atoms with Gasteiger partial charge in [-0.3, -0.25) is 9.59 Å². The largest absolute Gasteiger partial charge is 0.366 e. The number of carbonyl (C=O) groups is 2. The molecule has 0 spiro atoms. The lowest BCUT2D eigenvalue weighted by atomic mass is 9.66. The molecule has 0 radical (unpaired) electrons. The molecule has 6 heteroatoms. The Morgan fingerprint density at radius 3 is 1.40 bits per heavy atom. The molecule has 4 atom stereocenters. The van der Waals surface area contributed by atoms with Gasteiger partial charge in [0.15, 0.2) is 12.2 Å². The van der Waals surface area contributed by atoms with Crippen LogP contribution in [0.4, 0.5) is 0 Å². The Morgan fingerprint density at radius 2 is 1.00 bits per heavy atom. The van der Waals surface area contributed by atoms with Gasteiger partial charge in [0.05, 0.1) is 23.7 Å². The van der Waals surface area contributed by atoms with Gasteiger partial charge in [-0.1, -0.05) is 121 Å². The van der Waals surface area contributed by atoms with Gasteiger partial charge in [0.1, 0.15) is 0 Å². The number of β-lactam (4-membered cyclic amide) rings is 2. The number of hydrogen-bond acceptors (Lipinski definition) is 4. The number of carbonyl (C=O) groups excluding carboxylic acids is 2. The summed E-state index contributed by atoms with van der Waals surface area (Å²) in [4.78, 5) is 32.3. The zero-order chi connectivity index (χ0) is 30.0. The van der Waals surface area contributed by atoms with Crippen LogP contribution in [-0.2, 0) is 19.1 Å². The van der Waals surface area contributed by atoms with E-state index in [4.69, 9.17) is 9.47 Å². The van der Waals surface area contributed by atoms with Crippen LogP contribution in [0.5, 0.6) is 0 Å². The molecule has 0 unspecified atom stereocenters. The molecule has 6 rings (SSSR count). The molecule has 2 saturated heterocycles. The van der Waals surface area contributed by atoms with Crippen molar-refractivity contribution in [3.8, 4) is 0 Å². The summed E-state index contributed by atoms with van der Waals surface area (Å²) in [5, 5.41) is 0. The van der Waals surface area contributed by atoms with Gasteiger partial charge in [0.25, 0.3) is 11.8 Å². The van der Waals surface area contributed by atoms with Crippen molar-refractivity contribution in [2.75, 3.05) is 13.2 Å². The zero-order valence-corrected chi connectivity index (χ0v) is 24.9. The molecule has 4 aromatic rings. The molecule has 6 nitrogen and oxygen atoms in total. The average Bonchev–Trinajstić information content (AvgIpc) is 3.06. The van der Waals surface area contributed by atoms with Crippen LogP contribution >= 0.6 is 0 Å². The maximum absolute atomic E-state index is 14.2. The van der Waals surface area contributed by atoms with E-state index in [0.29, 0.717) is 13.2 Å². The second-order valence-electron chi connectivity index (χ2n) is 11.3.